The molecule has 0 heterocycles. The molecule has 1 saturated carbocycles. The molecule has 0 radical (unpaired) electrons. The summed E-state index contributed by atoms with van der Waals surface area (Å²) in [7, 11) is -3.87. The molecule has 1 aliphatic rings. The predicted octanol–water partition coefficient (Wildman–Crippen LogP) is 6.50. The Kier molecular flexibility index (Phi) is 11.2. The quantitative estimate of drug-likeness (QED) is 0.257. The lowest BCUT2D eigenvalue weighted by Crippen LogP contribution is -2.55. The molecule has 3 aromatic carbocycles. The van der Waals surface area contributed by atoms with E-state index in [0.29, 0.717) is 20.6 Å². The molecule has 7 nitrogen and oxygen atoms in total. The van der Waals surface area contributed by atoms with E-state index in [0.717, 1.165) is 48.2 Å². The molecule has 4 rings (SSSR count). The smallest absolute Gasteiger partial charge is 0.244 e. The second-order valence-electron chi connectivity index (χ2n) is 10.6. The van der Waals surface area contributed by atoms with Crippen molar-refractivity contribution in [1.29, 1.82) is 0 Å². The largest absolute Gasteiger partial charge is 0.352 e. The zero-order chi connectivity index (χ0) is 30.3. The summed E-state index contributed by atoms with van der Waals surface area (Å²) in [6.45, 7) is -0.545. The van der Waals surface area contributed by atoms with E-state index < -0.39 is 28.5 Å². The summed E-state index contributed by atoms with van der Waals surface area (Å²) in [5, 5.41) is 4.37. The van der Waals surface area contributed by atoms with Gasteiger partial charge in [0, 0.05) is 34.1 Å². The Balaban J connectivity index is 1.74. The summed E-state index contributed by atoms with van der Waals surface area (Å²) in [4.78, 5) is 29.6. The number of amides is 2. The minimum Gasteiger partial charge on any atom is -0.352 e. The standard InChI is InChI=1S/C31H34Cl3N3O4S/c1-42(40,41)37(27-16-14-24(32)15-17-27)21-30(38)36(20-23-12-13-25(33)19-28(23)34)29(18-22-8-4-2-5-9-22)31(39)35-26-10-6-3-7-11-26/h2,4-5,8-9,12-17,19,26,29H,3,6-7,10-11,18,20-21H2,1H3,(H,35,39)/t29-/m1/s1. The second kappa shape index (κ2) is 14.6. The van der Waals surface area contributed by atoms with Gasteiger partial charge in [-0.15, -0.1) is 0 Å². The number of carbonyl (C=O) groups excluding carboxylic acids is 2. The van der Waals surface area contributed by atoms with Crippen LogP contribution in [0, 0.1) is 0 Å². The summed E-state index contributed by atoms with van der Waals surface area (Å²) in [6, 6.07) is 19.6. The second-order valence-corrected chi connectivity index (χ2v) is 13.7. The van der Waals surface area contributed by atoms with E-state index >= 15 is 0 Å². The van der Waals surface area contributed by atoms with Crippen LogP contribution in [-0.4, -0.2) is 50.0 Å². The molecule has 0 saturated heterocycles. The predicted molar refractivity (Wildman–Crippen MR) is 170 cm³/mol. The molecule has 0 aromatic heterocycles. The molecule has 42 heavy (non-hydrogen) atoms. The number of sulfonamides is 1. The zero-order valence-electron chi connectivity index (χ0n) is 23.3. The average molecular weight is 651 g/mol. The SMILES string of the molecule is CS(=O)(=O)N(CC(=O)N(Cc1ccc(Cl)cc1Cl)[C@H](Cc1ccccc1)C(=O)NC1CCCCC1)c1ccc(Cl)cc1. The van der Waals surface area contributed by atoms with Gasteiger partial charge < -0.3 is 10.2 Å². The first-order valence-corrected chi connectivity index (χ1v) is 16.8. The van der Waals surface area contributed by atoms with Crippen LogP contribution in [0.4, 0.5) is 5.69 Å². The normalized spacial score (nSPS) is 14.7. The van der Waals surface area contributed by atoms with Gasteiger partial charge in [0.05, 0.1) is 11.9 Å². The summed E-state index contributed by atoms with van der Waals surface area (Å²) < 4.78 is 26.8. The van der Waals surface area contributed by atoms with Crippen LogP contribution in [0.15, 0.2) is 72.8 Å². The fourth-order valence-corrected chi connectivity index (χ4v) is 6.60. The number of carbonyl (C=O) groups is 2. The molecule has 1 aliphatic carbocycles. The maximum absolute atomic E-state index is 14.2. The van der Waals surface area contributed by atoms with E-state index in [2.05, 4.69) is 5.32 Å². The lowest BCUT2D eigenvalue weighted by atomic mass is 9.94. The summed E-state index contributed by atoms with van der Waals surface area (Å²) >= 11 is 18.7. The maximum atomic E-state index is 14.2. The number of halogens is 3. The van der Waals surface area contributed by atoms with Crippen LogP contribution in [0.5, 0.6) is 0 Å². The van der Waals surface area contributed by atoms with Gasteiger partial charge in [0.2, 0.25) is 21.8 Å². The Hall–Kier alpha value is -2.78. The van der Waals surface area contributed by atoms with Gasteiger partial charge in [0.25, 0.3) is 0 Å². The highest BCUT2D eigenvalue weighted by atomic mass is 35.5. The molecule has 0 spiro atoms. The Morgan fingerprint density at radius 1 is 0.905 bits per heavy atom. The molecule has 0 unspecified atom stereocenters. The van der Waals surface area contributed by atoms with E-state index in [1.807, 2.05) is 30.3 Å². The lowest BCUT2D eigenvalue weighted by Gasteiger charge is -2.35. The van der Waals surface area contributed by atoms with Crippen molar-refractivity contribution >= 4 is 62.3 Å². The molecule has 0 aliphatic heterocycles. The summed E-state index contributed by atoms with van der Waals surface area (Å²) in [5.41, 5.74) is 1.72. The Bertz CT molecular complexity index is 1480. The van der Waals surface area contributed by atoms with Crippen molar-refractivity contribution in [3.63, 3.8) is 0 Å². The Morgan fingerprint density at radius 2 is 1.55 bits per heavy atom. The average Bonchev–Trinajstić information content (AvgIpc) is 2.95. The van der Waals surface area contributed by atoms with Crippen molar-refractivity contribution in [3.05, 3.63) is 99.0 Å². The van der Waals surface area contributed by atoms with Crippen LogP contribution in [0.3, 0.4) is 0 Å². The topological polar surface area (TPSA) is 86.8 Å². The first-order chi connectivity index (χ1) is 20.0. The monoisotopic (exact) mass is 649 g/mol. The lowest BCUT2D eigenvalue weighted by molar-refractivity contribution is -0.140. The minimum atomic E-state index is -3.87. The number of nitrogens with zero attached hydrogens (tertiary/aromatic N) is 2. The van der Waals surface area contributed by atoms with E-state index in [4.69, 9.17) is 34.8 Å². The van der Waals surface area contributed by atoms with Crippen LogP contribution >= 0.6 is 34.8 Å². The molecule has 1 atom stereocenters. The molecular weight excluding hydrogens is 617 g/mol. The summed E-state index contributed by atoms with van der Waals surface area (Å²) in [6.07, 6.45) is 6.20. The van der Waals surface area contributed by atoms with E-state index in [1.54, 1.807) is 30.3 Å². The minimum absolute atomic E-state index is 0.0159. The van der Waals surface area contributed by atoms with Crippen molar-refractivity contribution in [2.24, 2.45) is 0 Å². The van der Waals surface area contributed by atoms with Crippen LogP contribution in [0.25, 0.3) is 0 Å². The maximum Gasteiger partial charge on any atom is 0.244 e. The highest BCUT2D eigenvalue weighted by Crippen LogP contribution is 2.26. The fourth-order valence-electron chi connectivity index (χ4n) is 5.15. The number of hydrogen-bond acceptors (Lipinski definition) is 4. The third-order valence-corrected chi connectivity index (χ3v) is 9.35. The highest BCUT2D eigenvalue weighted by molar-refractivity contribution is 7.92. The third-order valence-electron chi connectivity index (χ3n) is 7.37. The molecular formula is C31H34Cl3N3O4S. The van der Waals surface area contributed by atoms with Crippen LogP contribution in [0.2, 0.25) is 15.1 Å². The Morgan fingerprint density at radius 3 is 2.17 bits per heavy atom. The molecule has 2 amide bonds. The van der Waals surface area contributed by atoms with Gasteiger partial charge in [-0.1, -0.05) is 90.5 Å². The number of nitrogens with one attached hydrogen (secondary N) is 1. The molecule has 3 aromatic rings. The van der Waals surface area contributed by atoms with Crippen molar-refractivity contribution in [1.82, 2.24) is 10.2 Å². The van der Waals surface area contributed by atoms with Gasteiger partial charge in [-0.3, -0.25) is 13.9 Å². The van der Waals surface area contributed by atoms with Gasteiger partial charge in [0.15, 0.2) is 0 Å². The van der Waals surface area contributed by atoms with Crippen LogP contribution < -0.4 is 9.62 Å². The number of anilines is 1. The fraction of sp³-hybridized carbons (Fsp3) is 0.355. The molecule has 224 valence electrons. The van der Waals surface area contributed by atoms with E-state index in [9.17, 15) is 18.0 Å². The van der Waals surface area contributed by atoms with Crippen molar-refractivity contribution < 1.29 is 18.0 Å². The van der Waals surface area contributed by atoms with Gasteiger partial charge >= 0.3 is 0 Å². The van der Waals surface area contributed by atoms with Crippen molar-refractivity contribution in [2.45, 2.75) is 57.2 Å². The van der Waals surface area contributed by atoms with E-state index in [-0.39, 0.29) is 30.6 Å². The molecule has 0 bridgehead atoms. The van der Waals surface area contributed by atoms with Crippen molar-refractivity contribution in [2.75, 3.05) is 17.1 Å². The molecule has 1 fully saturated rings. The Labute approximate surface area is 262 Å². The van der Waals surface area contributed by atoms with Crippen LogP contribution in [-0.2, 0) is 32.6 Å². The number of hydrogen-bond donors (Lipinski definition) is 1. The van der Waals surface area contributed by atoms with Crippen molar-refractivity contribution in [3.8, 4) is 0 Å². The highest BCUT2D eigenvalue weighted by Gasteiger charge is 2.34. The zero-order valence-corrected chi connectivity index (χ0v) is 26.4. The number of benzene rings is 3. The van der Waals surface area contributed by atoms with Crippen LogP contribution in [0.1, 0.15) is 43.2 Å². The first-order valence-electron chi connectivity index (χ1n) is 13.8. The third kappa shape index (κ3) is 8.86. The summed E-state index contributed by atoms with van der Waals surface area (Å²) in [5.74, 6) is -0.845. The van der Waals surface area contributed by atoms with Gasteiger partial charge in [-0.25, -0.2) is 8.42 Å². The van der Waals surface area contributed by atoms with Gasteiger partial charge in [-0.2, -0.15) is 0 Å². The molecule has 1 N–H and O–H groups in total. The van der Waals surface area contributed by atoms with E-state index in [1.165, 1.54) is 17.0 Å². The van der Waals surface area contributed by atoms with Gasteiger partial charge in [0.1, 0.15) is 12.6 Å². The number of rotatable bonds is 11. The first kappa shape index (κ1) is 32.1. The van der Waals surface area contributed by atoms with Gasteiger partial charge in [-0.05, 0) is 60.4 Å². The molecule has 11 heteroatoms.